The molecule has 0 saturated carbocycles. The number of aromatic nitrogens is 2. The molecule has 0 aliphatic rings. The highest BCUT2D eigenvalue weighted by molar-refractivity contribution is 6.35. The molecule has 0 saturated heterocycles. The Kier molecular flexibility index (Phi) is 3.59. The van der Waals surface area contributed by atoms with Gasteiger partial charge in [-0.15, -0.1) is 0 Å². The third-order valence-electron chi connectivity index (χ3n) is 1.99. The molecule has 2 aromatic rings. The van der Waals surface area contributed by atoms with Crippen LogP contribution in [0.15, 0.2) is 36.8 Å². The molecule has 3 nitrogen and oxygen atoms in total. The van der Waals surface area contributed by atoms with Crippen molar-refractivity contribution in [3.8, 4) is 0 Å². The zero-order valence-corrected chi connectivity index (χ0v) is 9.83. The summed E-state index contributed by atoms with van der Waals surface area (Å²) in [6.07, 6.45) is 5.08. The van der Waals surface area contributed by atoms with Crippen LogP contribution in [0.25, 0.3) is 0 Å². The summed E-state index contributed by atoms with van der Waals surface area (Å²) in [6.45, 7) is 0.627. The van der Waals surface area contributed by atoms with Crippen molar-refractivity contribution in [1.29, 1.82) is 0 Å². The molecule has 2 aromatic heterocycles. The van der Waals surface area contributed by atoms with Crippen molar-refractivity contribution >= 4 is 29.0 Å². The highest BCUT2D eigenvalue weighted by Crippen LogP contribution is 2.22. The van der Waals surface area contributed by atoms with Gasteiger partial charge >= 0.3 is 0 Å². The van der Waals surface area contributed by atoms with Crippen LogP contribution in [0.1, 0.15) is 5.56 Å². The van der Waals surface area contributed by atoms with Gasteiger partial charge in [-0.2, -0.15) is 0 Å². The number of nitrogens with one attached hydrogen (secondary N) is 1. The summed E-state index contributed by atoms with van der Waals surface area (Å²) in [4.78, 5) is 8.12. The molecule has 16 heavy (non-hydrogen) atoms. The van der Waals surface area contributed by atoms with Gasteiger partial charge in [0.1, 0.15) is 5.82 Å². The molecule has 82 valence electrons. The SMILES string of the molecule is Clc1cnc(NCc2cccnc2)c(Cl)c1. The lowest BCUT2D eigenvalue weighted by atomic mass is 10.3. The number of hydrogen-bond donors (Lipinski definition) is 1. The van der Waals surface area contributed by atoms with Crippen molar-refractivity contribution < 1.29 is 0 Å². The number of hydrogen-bond acceptors (Lipinski definition) is 3. The lowest BCUT2D eigenvalue weighted by Crippen LogP contribution is -2.01. The van der Waals surface area contributed by atoms with E-state index in [-0.39, 0.29) is 0 Å². The maximum absolute atomic E-state index is 5.97. The fraction of sp³-hybridized carbons (Fsp3) is 0.0909. The molecule has 0 bridgehead atoms. The molecule has 0 aliphatic carbocycles. The molecule has 0 aliphatic heterocycles. The summed E-state index contributed by atoms with van der Waals surface area (Å²) < 4.78 is 0. The number of nitrogens with zero attached hydrogens (tertiary/aromatic N) is 2. The molecule has 0 atom stereocenters. The van der Waals surface area contributed by atoms with E-state index in [0.717, 1.165) is 5.56 Å². The van der Waals surface area contributed by atoms with Crippen molar-refractivity contribution in [3.63, 3.8) is 0 Å². The Morgan fingerprint density at radius 1 is 1.25 bits per heavy atom. The van der Waals surface area contributed by atoms with Crippen molar-refractivity contribution in [3.05, 3.63) is 52.4 Å². The van der Waals surface area contributed by atoms with Crippen LogP contribution in [0, 0.1) is 0 Å². The third-order valence-corrected chi connectivity index (χ3v) is 2.49. The van der Waals surface area contributed by atoms with Gasteiger partial charge in [0.15, 0.2) is 0 Å². The predicted molar refractivity (Wildman–Crippen MR) is 65.8 cm³/mol. The molecule has 0 fully saturated rings. The molecule has 5 heteroatoms. The van der Waals surface area contributed by atoms with Crippen LogP contribution in [-0.2, 0) is 6.54 Å². The lowest BCUT2D eigenvalue weighted by Gasteiger charge is -2.06. The van der Waals surface area contributed by atoms with Gasteiger partial charge < -0.3 is 5.32 Å². The van der Waals surface area contributed by atoms with E-state index >= 15 is 0 Å². The van der Waals surface area contributed by atoms with Gasteiger partial charge in [0.25, 0.3) is 0 Å². The van der Waals surface area contributed by atoms with Gasteiger partial charge in [-0.25, -0.2) is 4.98 Å². The van der Waals surface area contributed by atoms with Gasteiger partial charge in [-0.3, -0.25) is 4.98 Å². The van der Waals surface area contributed by atoms with E-state index in [1.165, 1.54) is 0 Å². The maximum atomic E-state index is 5.97. The Bertz CT molecular complexity index is 474. The second-order valence-corrected chi connectivity index (χ2v) is 4.04. The van der Waals surface area contributed by atoms with Crippen molar-refractivity contribution in [2.45, 2.75) is 6.54 Å². The monoisotopic (exact) mass is 253 g/mol. The van der Waals surface area contributed by atoms with Crippen LogP contribution >= 0.6 is 23.2 Å². The molecule has 2 heterocycles. The molecule has 0 amide bonds. The molecule has 0 radical (unpaired) electrons. The van der Waals surface area contributed by atoms with Crippen LogP contribution < -0.4 is 5.32 Å². The van der Waals surface area contributed by atoms with Crippen LogP contribution in [0.3, 0.4) is 0 Å². The van der Waals surface area contributed by atoms with Gasteiger partial charge in [0, 0.05) is 25.1 Å². The minimum Gasteiger partial charge on any atom is -0.365 e. The normalized spacial score (nSPS) is 10.1. The Morgan fingerprint density at radius 3 is 2.81 bits per heavy atom. The van der Waals surface area contributed by atoms with E-state index in [9.17, 15) is 0 Å². The van der Waals surface area contributed by atoms with Crippen LogP contribution in [-0.4, -0.2) is 9.97 Å². The van der Waals surface area contributed by atoms with Gasteiger partial charge in [-0.1, -0.05) is 29.3 Å². The highest BCUT2D eigenvalue weighted by atomic mass is 35.5. The Hall–Kier alpha value is -1.32. The Balaban J connectivity index is 2.05. The molecule has 1 N–H and O–H groups in total. The smallest absolute Gasteiger partial charge is 0.145 e. The van der Waals surface area contributed by atoms with Crippen LogP contribution in [0.2, 0.25) is 10.0 Å². The number of anilines is 1. The van der Waals surface area contributed by atoms with Crippen molar-refractivity contribution in [1.82, 2.24) is 9.97 Å². The number of halogens is 2. The van der Waals surface area contributed by atoms with Crippen LogP contribution in [0.5, 0.6) is 0 Å². The molecular formula is C11H9Cl2N3. The molecule has 0 aromatic carbocycles. The maximum Gasteiger partial charge on any atom is 0.145 e. The Morgan fingerprint density at radius 2 is 2.12 bits per heavy atom. The van der Waals surface area contributed by atoms with Gasteiger partial charge in [-0.05, 0) is 17.7 Å². The van der Waals surface area contributed by atoms with E-state index in [2.05, 4.69) is 15.3 Å². The second-order valence-electron chi connectivity index (χ2n) is 3.20. The average molecular weight is 254 g/mol. The first-order valence-electron chi connectivity index (χ1n) is 4.69. The standard InChI is InChI=1S/C11H9Cl2N3/c12-9-4-10(13)11(16-7-9)15-6-8-2-1-3-14-5-8/h1-5,7H,6H2,(H,15,16). The minimum absolute atomic E-state index is 0.511. The zero-order chi connectivity index (χ0) is 11.4. The van der Waals surface area contributed by atoms with E-state index < -0.39 is 0 Å². The van der Waals surface area contributed by atoms with Crippen molar-refractivity contribution in [2.75, 3.05) is 5.32 Å². The van der Waals surface area contributed by atoms with Crippen LogP contribution in [0.4, 0.5) is 5.82 Å². The predicted octanol–water partition coefficient (Wildman–Crippen LogP) is 3.40. The average Bonchev–Trinajstić information content (AvgIpc) is 2.29. The van der Waals surface area contributed by atoms with Crippen molar-refractivity contribution in [2.24, 2.45) is 0 Å². The summed E-state index contributed by atoms with van der Waals surface area (Å²) in [6, 6.07) is 5.51. The van der Waals surface area contributed by atoms with E-state index in [0.29, 0.717) is 22.4 Å². The number of pyridine rings is 2. The summed E-state index contributed by atoms with van der Waals surface area (Å²) in [5, 5.41) is 4.15. The van der Waals surface area contributed by atoms with E-state index in [1.807, 2.05) is 12.1 Å². The third kappa shape index (κ3) is 2.84. The summed E-state index contributed by atoms with van der Waals surface area (Å²) in [7, 11) is 0. The number of rotatable bonds is 3. The molecular weight excluding hydrogens is 245 g/mol. The minimum atomic E-state index is 0.511. The first kappa shape index (κ1) is 11.2. The highest BCUT2D eigenvalue weighted by Gasteiger charge is 2.02. The van der Waals surface area contributed by atoms with Gasteiger partial charge in [0.05, 0.1) is 10.0 Å². The molecule has 0 spiro atoms. The summed E-state index contributed by atoms with van der Waals surface area (Å²) in [5.41, 5.74) is 1.07. The fourth-order valence-electron chi connectivity index (χ4n) is 1.23. The first-order chi connectivity index (χ1) is 7.75. The molecule has 2 rings (SSSR count). The summed E-state index contributed by atoms with van der Waals surface area (Å²) in [5.74, 6) is 0.620. The van der Waals surface area contributed by atoms with Gasteiger partial charge in [0.2, 0.25) is 0 Å². The zero-order valence-electron chi connectivity index (χ0n) is 8.32. The molecule has 0 unspecified atom stereocenters. The van der Waals surface area contributed by atoms with E-state index in [1.54, 1.807) is 24.7 Å². The fourth-order valence-corrected chi connectivity index (χ4v) is 1.68. The quantitative estimate of drug-likeness (QED) is 0.912. The summed E-state index contributed by atoms with van der Waals surface area (Å²) >= 11 is 11.7. The largest absolute Gasteiger partial charge is 0.365 e. The van der Waals surface area contributed by atoms with E-state index in [4.69, 9.17) is 23.2 Å². The second kappa shape index (κ2) is 5.14. The topological polar surface area (TPSA) is 37.8 Å². The first-order valence-corrected chi connectivity index (χ1v) is 5.45. The Labute approximate surface area is 103 Å². The lowest BCUT2D eigenvalue weighted by molar-refractivity contribution is 1.09.